The molecule has 0 saturated carbocycles. The summed E-state index contributed by atoms with van der Waals surface area (Å²) < 4.78 is 23.8. The van der Waals surface area contributed by atoms with Crippen molar-refractivity contribution < 1.29 is 13.2 Å². The van der Waals surface area contributed by atoms with Gasteiger partial charge in [0.15, 0.2) is 9.84 Å². The second-order valence-electron chi connectivity index (χ2n) is 8.69. The second kappa shape index (κ2) is 9.23. The van der Waals surface area contributed by atoms with Crippen LogP contribution in [0, 0.1) is 12.8 Å². The number of rotatable bonds is 6. The lowest BCUT2D eigenvalue weighted by Gasteiger charge is -2.38. The number of hydrogen-bond acceptors (Lipinski definition) is 5. The first-order valence-corrected chi connectivity index (χ1v) is 12.6. The fourth-order valence-corrected chi connectivity index (χ4v) is 6.12. The molecule has 0 aromatic heterocycles. The molecule has 6 nitrogen and oxygen atoms in total. The molecule has 8 heteroatoms. The van der Waals surface area contributed by atoms with E-state index in [-0.39, 0.29) is 23.5 Å². The Bertz CT molecular complexity index is 836. The van der Waals surface area contributed by atoms with Crippen LogP contribution in [0.4, 0.5) is 5.69 Å². The van der Waals surface area contributed by atoms with Crippen LogP contribution in [-0.4, -0.2) is 80.9 Å². The summed E-state index contributed by atoms with van der Waals surface area (Å²) in [5.74, 6) is 0.655. The van der Waals surface area contributed by atoms with Crippen molar-refractivity contribution >= 4 is 33.0 Å². The quantitative estimate of drug-likeness (QED) is 0.678. The molecule has 1 aromatic rings. The van der Waals surface area contributed by atoms with Gasteiger partial charge in [-0.05, 0) is 37.0 Å². The van der Waals surface area contributed by atoms with Gasteiger partial charge in [0.2, 0.25) is 5.91 Å². The van der Waals surface area contributed by atoms with E-state index < -0.39 is 9.84 Å². The average Bonchev–Trinajstić information content (AvgIpc) is 3.02. The van der Waals surface area contributed by atoms with Crippen molar-refractivity contribution in [1.82, 2.24) is 9.80 Å². The lowest BCUT2D eigenvalue weighted by Crippen LogP contribution is -2.52. The highest BCUT2D eigenvalue weighted by Gasteiger charge is 2.35. The van der Waals surface area contributed by atoms with Gasteiger partial charge in [-0.2, -0.15) is 0 Å². The number of halogens is 1. The summed E-state index contributed by atoms with van der Waals surface area (Å²) >= 11 is 6.16. The summed E-state index contributed by atoms with van der Waals surface area (Å²) in [4.78, 5) is 19.4. The third-order valence-corrected chi connectivity index (χ3v) is 7.76. The zero-order valence-corrected chi connectivity index (χ0v) is 19.2. The fourth-order valence-electron chi connectivity index (χ4n) is 4.22. The molecule has 2 aliphatic rings. The van der Waals surface area contributed by atoms with Crippen LogP contribution in [0.2, 0.25) is 5.02 Å². The van der Waals surface area contributed by atoms with Crippen molar-refractivity contribution in [3.63, 3.8) is 0 Å². The van der Waals surface area contributed by atoms with E-state index >= 15 is 0 Å². The maximum atomic E-state index is 13.1. The van der Waals surface area contributed by atoms with Gasteiger partial charge < -0.3 is 9.80 Å². The SMILES string of the molecule is Cc1ccc(Cl)cc1N1CCN(CC(=O)N(CC(C)C)[C@@H]2CCS(=O)(=O)C2)CC1. The van der Waals surface area contributed by atoms with Crippen LogP contribution < -0.4 is 4.90 Å². The van der Waals surface area contributed by atoms with Gasteiger partial charge >= 0.3 is 0 Å². The van der Waals surface area contributed by atoms with Crippen LogP contribution in [0.1, 0.15) is 25.8 Å². The molecule has 162 valence electrons. The largest absolute Gasteiger partial charge is 0.369 e. The van der Waals surface area contributed by atoms with E-state index in [1.54, 1.807) is 0 Å². The zero-order valence-electron chi connectivity index (χ0n) is 17.6. The van der Waals surface area contributed by atoms with Gasteiger partial charge in [0.25, 0.3) is 0 Å². The van der Waals surface area contributed by atoms with Crippen LogP contribution in [0.25, 0.3) is 0 Å². The topological polar surface area (TPSA) is 60.9 Å². The zero-order chi connectivity index (χ0) is 21.2. The third kappa shape index (κ3) is 5.86. The summed E-state index contributed by atoms with van der Waals surface area (Å²) in [5, 5.41) is 0.735. The number of carbonyl (C=O) groups is 1. The molecule has 2 heterocycles. The number of anilines is 1. The van der Waals surface area contributed by atoms with Crippen molar-refractivity contribution in [3.05, 3.63) is 28.8 Å². The van der Waals surface area contributed by atoms with E-state index in [0.29, 0.717) is 25.4 Å². The number of nitrogens with zero attached hydrogens (tertiary/aromatic N) is 3. The molecule has 2 aliphatic heterocycles. The molecule has 0 aliphatic carbocycles. The second-order valence-corrected chi connectivity index (χ2v) is 11.4. The Morgan fingerprint density at radius 3 is 2.52 bits per heavy atom. The van der Waals surface area contributed by atoms with Crippen molar-refractivity contribution in [2.45, 2.75) is 33.2 Å². The molecule has 3 rings (SSSR count). The summed E-state index contributed by atoms with van der Waals surface area (Å²) in [5.41, 5.74) is 2.35. The van der Waals surface area contributed by atoms with Gasteiger partial charge in [0.1, 0.15) is 0 Å². The minimum Gasteiger partial charge on any atom is -0.369 e. The molecule has 0 spiro atoms. The summed E-state index contributed by atoms with van der Waals surface area (Å²) in [6.07, 6.45) is 0.558. The van der Waals surface area contributed by atoms with Crippen LogP contribution >= 0.6 is 11.6 Å². The van der Waals surface area contributed by atoms with Crippen molar-refractivity contribution in [2.24, 2.45) is 5.92 Å². The number of hydrogen-bond donors (Lipinski definition) is 0. The first-order chi connectivity index (χ1) is 13.6. The third-order valence-electron chi connectivity index (χ3n) is 5.77. The Morgan fingerprint density at radius 2 is 1.93 bits per heavy atom. The molecule has 1 atom stereocenters. The Morgan fingerprint density at radius 1 is 1.24 bits per heavy atom. The molecule has 1 amide bonds. The van der Waals surface area contributed by atoms with Gasteiger partial charge in [-0.1, -0.05) is 31.5 Å². The number of benzene rings is 1. The first kappa shape index (κ1) is 22.4. The smallest absolute Gasteiger partial charge is 0.237 e. The standard InChI is InChI=1S/C21H32ClN3O3S/c1-16(2)13-25(19-6-11-29(27,28)15-19)21(26)14-23-7-9-24(10-8-23)20-12-18(22)5-4-17(20)3/h4-5,12,16,19H,6-11,13-15H2,1-3H3/t19-/m1/s1. The van der Waals surface area contributed by atoms with Crippen LogP contribution in [0.3, 0.4) is 0 Å². The van der Waals surface area contributed by atoms with Crippen LogP contribution in [0.15, 0.2) is 18.2 Å². The Hall–Kier alpha value is -1.31. The van der Waals surface area contributed by atoms with E-state index in [0.717, 1.165) is 36.9 Å². The van der Waals surface area contributed by atoms with Gasteiger partial charge in [-0.15, -0.1) is 0 Å². The monoisotopic (exact) mass is 441 g/mol. The molecular weight excluding hydrogens is 410 g/mol. The number of piperazine rings is 1. The Balaban J connectivity index is 1.59. The lowest BCUT2D eigenvalue weighted by molar-refractivity contribution is -0.135. The summed E-state index contributed by atoms with van der Waals surface area (Å²) in [6, 6.07) is 5.77. The maximum absolute atomic E-state index is 13.1. The van der Waals surface area contributed by atoms with Gasteiger partial charge in [-0.3, -0.25) is 9.69 Å². The summed E-state index contributed by atoms with van der Waals surface area (Å²) in [6.45, 7) is 10.5. The van der Waals surface area contributed by atoms with E-state index in [2.05, 4.69) is 30.6 Å². The number of sulfone groups is 1. The molecule has 0 radical (unpaired) electrons. The molecule has 0 N–H and O–H groups in total. The number of amides is 1. The van der Waals surface area contributed by atoms with Gasteiger partial charge in [0, 0.05) is 49.5 Å². The molecule has 0 unspecified atom stereocenters. The van der Waals surface area contributed by atoms with E-state index in [9.17, 15) is 13.2 Å². The molecule has 29 heavy (non-hydrogen) atoms. The van der Waals surface area contributed by atoms with E-state index in [4.69, 9.17) is 11.6 Å². The molecule has 1 aromatic carbocycles. The van der Waals surface area contributed by atoms with Crippen molar-refractivity contribution in [3.8, 4) is 0 Å². The van der Waals surface area contributed by atoms with E-state index in [1.165, 1.54) is 5.56 Å². The first-order valence-electron chi connectivity index (χ1n) is 10.4. The minimum atomic E-state index is -3.01. The van der Waals surface area contributed by atoms with Crippen molar-refractivity contribution in [1.29, 1.82) is 0 Å². The highest BCUT2D eigenvalue weighted by atomic mass is 35.5. The van der Waals surface area contributed by atoms with Crippen molar-refractivity contribution in [2.75, 3.05) is 55.7 Å². The molecular formula is C21H32ClN3O3S. The van der Waals surface area contributed by atoms with Crippen LogP contribution in [-0.2, 0) is 14.6 Å². The summed E-state index contributed by atoms with van der Waals surface area (Å²) in [7, 11) is -3.01. The predicted octanol–water partition coefficient (Wildman–Crippen LogP) is 2.44. The fraction of sp³-hybridized carbons (Fsp3) is 0.667. The average molecular weight is 442 g/mol. The maximum Gasteiger partial charge on any atom is 0.237 e. The predicted molar refractivity (Wildman–Crippen MR) is 118 cm³/mol. The normalized spacial score (nSPS) is 22.2. The van der Waals surface area contributed by atoms with E-state index in [1.807, 2.05) is 23.1 Å². The molecule has 0 bridgehead atoms. The number of carbonyl (C=O) groups excluding carboxylic acids is 1. The Labute approximate surface area is 179 Å². The molecule has 2 saturated heterocycles. The highest BCUT2D eigenvalue weighted by molar-refractivity contribution is 7.91. The van der Waals surface area contributed by atoms with Crippen LogP contribution in [0.5, 0.6) is 0 Å². The number of aryl methyl sites for hydroxylation is 1. The molecule has 2 fully saturated rings. The highest BCUT2D eigenvalue weighted by Crippen LogP contribution is 2.25. The van der Waals surface area contributed by atoms with Gasteiger partial charge in [0.05, 0.1) is 18.1 Å². The minimum absolute atomic E-state index is 0.0492. The Kier molecular flexibility index (Phi) is 7.12. The van der Waals surface area contributed by atoms with Gasteiger partial charge in [-0.25, -0.2) is 8.42 Å². The lowest BCUT2D eigenvalue weighted by atomic mass is 10.1.